The fraction of sp³-hybridized carbons (Fsp3) is 0.833. The van der Waals surface area contributed by atoms with Crippen LogP contribution >= 0.6 is 11.3 Å². The molecule has 4 nitrogen and oxygen atoms in total. The molecule has 5 saturated carbocycles. The van der Waals surface area contributed by atoms with E-state index in [-0.39, 0.29) is 11.8 Å². The normalized spacial score (nSPS) is 39.0. The fourth-order valence-electron chi connectivity index (χ4n) is 6.26. The summed E-state index contributed by atoms with van der Waals surface area (Å²) in [5.41, 5.74) is 0.294. The Morgan fingerprint density at radius 3 is 2.22 bits per heavy atom. The van der Waals surface area contributed by atoms with Crippen LogP contribution in [0.1, 0.15) is 69.2 Å². The molecule has 23 heavy (non-hydrogen) atoms. The van der Waals surface area contributed by atoms with Crippen molar-refractivity contribution in [2.24, 2.45) is 23.7 Å². The SMILES string of the molecule is O=C(Nc1nnc(C23CC4CC(CC(C4)C2)C3)s1)C1CCCC1. The van der Waals surface area contributed by atoms with E-state index in [9.17, 15) is 4.79 Å². The molecule has 0 aromatic carbocycles. The van der Waals surface area contributed by atoms with E-state index in [0.717, 1.165) is 35.7 Å². The van der Waals surface area contributed by atoms with Crippen LogP contribution in [0, 0.1) is 23.7 Å². The highest BCUT2D eigenvalue weighted by molar-refractivity contribution is 7.15. The van der Waals surface area contributed by atoms with Crippen LogP contribution in [-0.2, 0) is 10.2 Å². The molecule has 5 heteroatoms. The second-order valence-corrected chi connectivity index (χ2v) is 9.56. The second kappa shape index (κ2) is 5.27. The third-order valence-electron chi connectivity index (χ3n) is 6.87. The predicted molar refractivity (Wildman–Crippen MR) is 90.3 cm³/mol. The van der Waals surface area contributed by atoms with E-state index < -0.39 is 0 Å². The summed E-state index contributed by atoms with van der Waals surface area (Å²) >= 11 is 1.65. The number of anilines is 1. The Balaban J connectivity index is 1.34. The molecular formula is C18H25N3OS. The van der Waals surface area contributed by atoms with Gasteiger partial charge in [0.1, 0.15) is 5.01 Å². The lowest BCUT2D eigenvalue weighted by Gasteiger charge is -2.55. The van der Waals surface area contributed by atoms with Gasteiger partial charge < -0.3 is 5.32 Å². The third kappa shape index (κ3) is 2.43. The van der Waals surface area contributed by atoms with Crippen molar-refractivity contribution in [3.05, 3.63) is 5.01 Å². The zero-order chi connectivity index (χ0) is 15.4. The highest BCUT2D eigenvalue weighted by Gasteiger charge is 2.53. The summed E-state index contributed by atoms with van der Waals surface area (Å²) in [5.74, 6) is 3.11. The molecule has 5 fully saturated rings. The summed E-state index contributed by atoms with van der Waals surface area (Å²) in [4.78, 5) is 12.3. The van der Waals surface area contributed by atoms with Gasteiger partial charge in [-0.05, 0) is 69.1 Å². The van der Waals surface area contributed by atoms with E-state index in [2.05, 4.69) is 15.5 Å². The standard InChI is InChI=1S/C18H25N3OS/c22-15(14-3-1-2-4-14)19-17-21-20-16(23-17)18-8-11-5-12(9-18)7-13(6-11)10-18/h11-14H,1-10H2,(H,19,21,22). The number of hydrogen-bond donors (Lipinski definition) is 1. The van der Waals surface area contributed by atoms with Gasteiger partial charge in [0.05, 0.1) is 0 Å². The molecule has 0 spiro atoms. The molecule has 1 aromatic heterocycles. The summed E-state index contributed by atoms with van der Waals surface area (Å²) < 4.78 is 0. The number of amides is 1. The summed E-state index contributed by atoms with van der Waals surface area (Å²) in [6, 6.07) is 0. The van der Waals surface area contributed by atoms with E-state index in [1.807, 2.05) is 0 Å². The number of carbonyl (C=O) groups excluding carboxylic acids is 1. The lowest BCUT2D eigenvalue weighted by atomic mass is 9.50. The van der Waals surface area contributed by atoms with Crippen LogP contribution in [-0.4, -0.2) is 16.1 Å². The van der Waals surface area contributed by atoms with Gasteiger partial charge in [-0.25, -0.2) is 0 Å². The maximum absolute atomic E-state index is 12.3. The third-order valence-corrected chi connectivity index (χ3v) is 7.96. The largest absolute Gasteiger partial charge is 0.300 e. The van der Waals surface area contributed by atoms with Crippen LogP contribution in [0.25, 0.3) is 0 Å². The van der Waals surface area contributed by atoms with Crippen LogP contribution in [0.4, 0.5) is 5.13 Å². The Bertz CT molecular complexity index is 584. The van der Waals surface area contributed by atoms with Gasteiger partial charge in [0.2, 0.25) is 11.0 Å². The zero-order valence-corrected chi connectivity index (χ0v) is 14.4. The van der Waals surface area contributed by atoms with Crippen LogP contribution in [0.3, 0.4) is 0 Å². The van der Waals surface area contributed by atoms with Crippen molar-refractivity contribution in [3.8, 4) is 0 Å². The number of aromatic nitrogens is 2. The smallest absolute Gasteiger partial charge is 0.229 e. The van der Waals surface area contributed by atoms with Gasteiger partial charge in [0.15, 0.2) is 0 Å². The first-order valence-electron chi connectivity index (χ1n) is 9.35. The molecule has 0 atom stereocenters. The van der Waals surface area contributed by atoms with Crippen molar-refractivity contribution in [2.45, 2.75) is 69.6 Å². The van der Waals surface area contributed by atoms with E-state index in [0.29, 0.717) is 5.41 Å². The Labute approximate surface area is 141 Å². The maximum atomic E-state index is 12.3. The van der Waals surface area contributed by atoms with Crippen molar-refractivity contribution in [2.75, 3.05) is 5.32 Å². The highest BCUT2D eigenvalue weighted by atomic mass is 32.1. The lowest BCUT2D eigenvalue weighted by molar-refractivity contribution is -0.119. The van der Waals surface area contributed by atoms with E-state index in [4.69, 9.17) is 0 Å². The summed E-state index contributed by atoms with van der Waals surface area (Å²) in [6.45, 7) is 0. The highest BCUT2D eigenvalue weighted by Crippen LogP contribution is 2.61. The van der Waals surface area contributed by atoms with Gasteiger partial charge in [-0.1, -0.05) is 24.2 Å². The number of carbonyl (C=O) groups is 1. The van der Waals surface area contributed by atoms with Crippen LogP contribution in [0.2, 0.25) is 0 Å². The monoisotopic (exact) mass is 331 g/mol. The topological polar surface area (TPSA) is 54.9 Å². The van der Waals surface area contributed by atoms with Gasteiger partial charge >= 0.3 is 0 Å². The molecule has 124 valence electrons. The average molecular weight is 331 g/mol. The molecule has 0 saturated heterocycles. The van der Waals surface area contributed by atoms with Gasteiger partial charge in [-0.2, -0.15) is 0 Å². The maximum Gasteiger partial charge on any atom is 0.229 e. The van der Waals surface area contributed by atoms with E-state index in [1.54, 1.807) is 11.3 Å². The minimum atomic E-state index is 0.163. The van der Waals surface area contributed by atoms with Gasteiger partial charge in [0, 0.05) is 11.3 Å². The van der Waals surface area contributed by atoms with Crippen LogP contribution in [0.5, 0.6) is 0 Å². The van der Waals surface area contributed by atoms with Crippen molar-refractivity contribution >= 4 is 22.4 Å². The molecule has 1 heterocycles. The molecule has 0 radical (unpaired) electrons. The molecule has 1 aromatic rings. The average Bonchev–Trinajstić information content (AvgIpc) is 3.17. The summed E-state index contributed by atoms with van der Waals surface area (Å²) in [5, 5.41) is 13.8. The van der Waals surface area contributed by atoms with Crippen molar-refractivity contribution in [3.63, 3.8) is 0 Å². The minimum Gasteiger partial charge on any atom is -0.300 e. The van der Waals surface area contributed by atoms with Gasteiger partial charge in [0.25, 0.3) is 0 Å². The van der Waals surface area contributed by atoms with Gasteiger partial charge in [-0.3, -0.25) is 4.79 Å². The first kappa shape index (κ1) is 14.4. The first-order chi connectivity index (χ1) is 11.2. The van der Waals surface area contributed by atoms with E-state index in [1.165, 1.54) is 56.4 Å². The second-order valence-electron chi connectivity index (χ2n) is 8.58. The zero-order valence-electron chi connectivity index (χ0n) is 13.6. The van der Waals surface area contributed by atoms with Crippen molar-refractivity contribution in [1.29, 1.82) is 0 Å². The number of nitrogens with zero attached hydrogens (tertiary/aromatic N) is 2. The molecule has 0 unspecified atom stereocenters. The Kier molecular flexibility index (Phi) is 3.29. The predicted octanol–water partition coefficient (Wildman–Crippen LogP) is 4.13. The minimum absolute atomic E-state index is 0.163. The summed E-state index contributed by atoms with van der Waals surface area (Å²) in [7, 11) is 0. The number of rotatable bonds is 3. The quantitative estimate of drug-likeness (QED) is 0.906. The lowest BCUT2D eigenvalue weighted by Crippen LogP contribution is -2.48. The molecule has 0 aliphatic heterocycles. The molecular weight excluding hydrogens is 306 g/mol. The molecule has 6 rings (SSSR count). The number of hydrogen-bond acceptors (Lipinski definition) is 4. The Morgan fingerprint density at radius 1 is 1.00 bits per heavy atom. The molecule has 4 bridgehead atoms. The van der Waals surface area contributed by atoms with Crippen molar-refractivity contribution < 1.29 is 4.79 Å². The number of nitrogens with one attached hydrogen (secondary N) is 1. The molecule has 5 aliphatic rings. The van der Waals surface area contributed by atoms with Gasteiger partial charge in [-0.15, -0.1) is 10.2 Å². The molecule has 1 amide bonds. The Morgan fingerprint density at radius 2 is 1.61 bits per heavy atom. The van der Waals surface area contributed by atoms with Crippen LogP contribution < -0.4 is 5.32 Å². The molecule has 5 aliphatic carbocycles. The van der Waals surface area contributed by atoms with E-state index >= 15 is 0 Å². The molecule has 1 N–H and O–H groups in total. The Hall–Kier alpha value is -0.970. The summed E-state index contributed by atoms with van der Waals surface area (Å²) in [6.07, 6.45) is 12.7. The van der Waals surface area contributed by atoms with Crippen LogP contribution in [0.15, 0.2) is 0 Å². The van der Waals surface area contributed by atoms with Crippen molar-refractivity contribution in [1.82, 2.24) is 10.2 Å². The fourth-order valence-corrected chi connectivity index (χ4v) is 7.22. The first-order valence-corrected chi connectivity index (χ1v) is 10.2.